The molecule has 3 aliphatic rings. The van der Waals surface area contributed by atoms with E-state index in [1.54, 1.807) is 17.0 Å². The molecule has 2 fully saturated rings. The van der Waals surface area contributed by atoms with Crippen molar-refractivity contribution in [2.24, 2.45) is 0 Å². The number of hydrogen-bond acceptors (Lipinski definition) is 5. The molecule has 32 heavy (non-hydrogen) atoms. The van der Waals surface area contributed by atoms with Gasteiger partial charge in [0.1, 0.15) is 5.82 Å². The number of halogens is 1. The summed E-state index contributed by atoms with van der Waals surface area (Å²) < 4.78 is 24.3. The second kappa shape index (κ2) is 8.66. The van der Waals surface area contributed by atoms with Crippen LogP contribution in [0.15, 0.2) is 42.5 Å². The van der Waals surface area contributed by atoms with E-state index in [0.717, 1.165) is 36.7 Å². The Morgan fingerprint density at radius 2 is 1.88 bits per heavy atom. The van der Waals surface area contributed by atoms with Gasteiger partial charge >= 0.3 is 6.03 Å². The molecule has 0 saturated carbocycles. The summed E-state index contributed by atoms with van der Waals surface area (Å²) in [6, 6.07) is 11.5. The van der Waals surface area contributed by atoms with E-state index in [-0.39, 0.29) is 37.0 Å². The van der Waals surface area contributed by atoms with Crippen molar-refractivity contribution in [1.82, 2.24) is 15.1 Å². The topological polar surface area (TPSA) is 74.4 Å². The zero-order valence-corrected chi connectivity index (χ0v) is 17.6. The third-order valence-corrected chi connectivity index (χ3v) is 6.08. The fourth-order valence-corrected chi connectivity index (χ4v) is 4.37. The molecule has 3 amide bonds. The molecule has 5 rings (SSSR count). The van der Waals surface area contributed by atoms with Crippen LogP contribution in [0.25, 0.3) is 0 Å². The molecule has 3 heterocycles. The lowest BCUT2D eigenvalue weighted by molar-refractivity contribution is -0.117. The summed E-state index contributed by atoms with van der Waals surface area (Å²) in [4.78, 5) is 30.7. The predicted octanol–water partition coefficient (Wildman–Crippen LogP) is 2.19. The molecule has 1 atom stereocenters. The van der Waals surface area contributed by atoms with Crippen LogP contribution < -0.4 is 19.7 Å². The van der Waals surface area contributed by atoms with Crippen LogP contribution in [0.5, 0.6) is 11.5 Å². The summed E-state index contributed by atoms with van der Waals surface area (Å²) in [6.07, 6.45) is 0.215. The highest BCUT2D eigenvalue weighted by Gasteiger charge is 2.33. The third kappa shape index (κ3) is 4.34. The number of anilines is 1. The smallest absolute Gasteiger partial charge is 0.317 e. The van der Waals surface area contributed by atoms with Crippen LogP contribution in [-0.2, 0) is 11.3 Å². The van der Waals surface area contributed by atoms with E-state index in [9.17, 15) is 14.0 Å². The van der Waals surface area contributed by atoms with Gasteiger partial charge in [-0.2, -0.15) is 0 Å². The van der Waals surface area contributed by atoms with Gasteiger partial charge < -0.3 is 24.6 Å². The molecule has 8 nitrogen and oxygen atoms in total. The van der Waals surface area contributed by atoms with Crippen LogP contribution in [0.3, 0.4) is 0 Å². The Labute approximate surface area is 185 Å². The Hall–Kier alpha value is -3.33. The molecule has 0 spiro atoms. The Bertz CT molecular complexity index is 1020. The number of carbonyl (C=O) groups is 2. The first-order valence-corrected chi connectivity index (χ1v) is 10.8. The van der Waals surface area contributed by atoms with Crippen LogP contribution in [-0.4, -0.2) is 67.3 Å². The number of ether oxygens (including phenoxy) is 2. The van der Waals surface area contributed by atoms with Gasteiger partial charge in [-0.15, -0.1) is 0 Å². The number of amides is 3. The number of nitrogens with one attached hydrogen (secondary N) is 1. The van der Waals surface area contributed by atoms with E-state index in [0.29, 0.717) is 25.3 Å². The minimum Gasteiger partial charge on any atom is -0.454 e. The summed E-state index contributed by atoms with van der Waals surface area (Å²) >= 11 is 0. The number of rotatable bonds is 4. The Morgan fingerprint density at radius 3 is 2.69 bits per heavy atom. The van der Waals surface area contributed by atoms with Crippen LogP contribution in [0.2, 0.25) is 0 Å². The van der Waals surface area contributed by atoms with Crippen molar-refractivity contribution in [2.45, 2.75) is 19.0 Å². The summed E-state index contributed by atoms with van der Waals surface area (Å²) in [6.45, 7) is 4.15. The van der Waals surface area contributed by atoms with Gasteiger partial charge in [0, 0.05) is 51.4 Å². The largest absolute Gasteiger partial charge is 0.454 e. The lowest BCUT2D eigenvalue weighted by Gasteiger charge is -2.35. The molecule has 0 bridgehead atoms. The molecule has 0 aliphatic carbocycles. The Balaban J connectivity index is 1.11. The number of carbonyl (C=O) groups excluding carboxylic acids is 2. The molecular weight excluding hydrogens is 415 g/mol. The van der Waals surface area contributed by atoms with Gasteiger partial charge in [0.15, 0.2) is 11.5 Å². The average Bonchev–Trinajstić information content (AvgIpc) is 3.40. The van der Waals surface area contributed by atoms with E-state index in [1.807, 2.05) is 18.2 Å². The maximum absolute atomic E-state index is 13.5. The van der Waals surface area contributed by atoms with Crippen molar-refractivity contribution in [3.8, 4) is 11.5 Å². The normalized spacial score (nSPS) is 20.7. The average molecular weight is 440 g/mol. The highest BCUT2D eigenvalue weighted by molar-refractivity contribution is 5.96. The minimum absolute atomic E-state index is 0.116. The quantitative estimate of drug-likeness (QED) is 0.789. The fraction of sp³-hybridized carbons (Fsp3) is 0.391. The van der Waals surface area contributed by atoms with Crippen LogP contribution in [0, 0.1) is 5.82 Å². The maximum Gasteiger partial charge on any atom is 0.317 e. The number of piperazine rings is 1. The molecule has 9 heteroatoms. The first-order valence-electron chi connectivity index (χ1n) is 10.8. The first kappa shape index (κ1) is 20.6. The standard InChI is InChI=1S/C23H25FN4O4/c24-17-2-1-3-19(11-17)28-14-18(12-22(28)29)25-23(30)27-8-6-26(7-9-27)13-16-4-5-20-21(10-16)32-15-31-20/h1-5,10-11,18H,6-9,12-15H2,(H,25,30). The van der Waals surface area contributed by atoms with Gasteiger partial charge in [-0.3, -0.25) is 9.69 Å². The van der Waals surface area contributed by atoms with Crippen molar-refractivity contribution in [2.75, 3.05) is 44.4 Å². The zero-order valence-electron chi connectivity index (χ0n) is 17.6. The fourth-order valence-electron chi connectivity index (χ4n) is 4.37. The van der Waals surface area contributed by atoms with Gasteiger partial charge in [0.25, 0.3) is 0 Å². The minimum atomic E-state index is -0.388. The van der Waals surface area contributed by atoms with Gasteiger partial charge in [-0.25, -0.2) is 9.18 Å². The van der Waals surface area contributed by atoms with E-state index in [2.05, 4.69) is 10.2 Å². The van der Waals surface area contributed by atoms with E-state index >= 15 is 0 Å². The molecule has 2 saturated heterocycles. The van der Waals surface area contributed by atoms with Gasteiger partial charge in [0.2, 0.25) is 12.7 Å². The van der Waals surface area contributed by atoms with Crippen molar-refractivity contribution in [1.29, 1.82) is 0 Å². The second-order valence-corrected chi connectivity index (χ2v) is 8.29. The lowest BCUT2D eigenvalue weighted by atomic mass is 10.1. The molecule has 168 valence electrons. The van der Waals surface area contributed by atoms with E-state index in [4.69, 9.17) is 9.47 Å². The Kier molecular flexibility index (Phi) is 5.57. The first-order chi connectivity index (χ1) is 15.5. The molecule has 0 radical (unpaired) electrons. The number of benzene rings is 2. The van der Waals surface area contributed by atoms with Crippen molar-refractivity contribution < 1.29 is 23.5 Å². The molecule has 0 aromatic heterocycles. The van der Waals surface area contributed by atoms with E-state index in [1.165, 1.54) is 17.0 Å². The number of hydrogen-bond donors (Lipinski definition) is 1. The van der Waals surface area contributed by atoms with Crippen LogP contribution in [0.1, 0.15) is 12.0 Å². The third-order valence-electron chi connectivity index (χ3n) is 6.08. The summed E-state index contributed by atoms with van der Waals surface area (Å²) in [7, 11) is 0. The molecule has 1 unspecified atom stereocenters. The maximum atomic E-state index is 13.5. The molecule has 3 aliphatic heterocycles. The predicted molar refractivity (Wildman–Crippen MR) is 115 cm³/mol. The number of nitrogens with zero attached hydrogens (tertiary/aromatic N) is 3. The van der Waals surface area contributed by atoms with Crippen LogP contribution in [0.4, 0.5) is 14.9 Å². The lowest BCUT2D eigenvalue weighted by Crippen LogP contribution is -2.53. The van der Waals surface area contributed by atoms with Crippen molar-refractivity contribution in [3.63, 3.8) is 0 Å². The monoisotopic (exact) mass is 440 g/mol. The number of urea groups is 1. The van der Waals surface area contributed by atoms with Gasteiger partial charge in [-0.05, 0) is 35.9 Å². The molecular formula is C23H25FN4O4. The molecule has 1 N–H and O–H groups in total. The second-order valence-electron chi connectivity index (χ2n) is 8.29. The zero-order chi connectivity index (χ0) is 22.1. The Morgan fingerprint density at radius 1 is 1.06 bits per heavy atom. The van der Waals surface area contributed by atoms with Gasteiger partial charge in [-0.1, -0.05) is 12.1 Å². The van der Waals surface area contributed by atoms with E-state index < -0.39 is 0 Å². The molecule has 2 aromatic carbocycles. The highest BCUT2D eigenvalue weighted by atomic mass is 19.1. The van der Waals surface area contributed by atoms with Crippen LogP contribution >= 0.6 is 0 Å². The molecule has 2 aromatic rings. The highest BCUT2D eigenvalue weighted by Crippen LogP contribution is 2.33. The van der Waals surface area contributed by atoms with Crippen molar-refractivity contribution >= 4 is 17.6 Å². The van der Waals surface area contributed by atoms with Crippen molar-refractivity contribution in [3.05, 3.63) is 53.8 Å². The SMILES string of the molecule is O=C(NC1CC(=O)N(c2cccc(F)c2)C1)N1CCN(Cc2ccc3c(c2)OCO3)CC1. The summed E-state index contributed by atoms with van der Waals surface area (Å²) in [5, 5.41) is 2.97. The number of fused-ring (bicyclic) bond motifs is 1. The summed E-state index contributed by atoms with van der Waals surface area (Å²) in [5.41, 5.74) is 1.66. The summed E-state index contributed by atoms with van der Waals surface area (Å²) in [5.74, 6) is 1.05. The van der Waals surface area contributed by atoms with Gasteiger partial charge in [0.05, 0.1) is 6.04 Å².